The Morgan fingerprint density at radius 2 is 2.11 bits per heavy atom. The SMILES string of the molecule is COCOCC1=NO[C@H]2[C@@H]3OC(C)(C)O[C@@H]3O[C@@H]12. The van der Waals surface area contributed by atoms with Gasteiger partial charge in [0.15, 0.2) is 24.3 Å². The Morgan fingerprint density at radius 1 is 1.28 bits per heavy atom. The summed E-state index contributed by atoms with van der Waals surface area (Å²) >= 11 is 0. The highest BCUT2D eigenvalue weighted by Crippen LogP contribution is 2.40. The van der Waals surface area contributed by atoms with Gasteiger partial charge in [0.05, 0.1) is 6.61 Å². The van der Waals surface area contributed by atoms with Crippen LogP contribution in [0.4, 0.5) is 0 Å². The van der Waals surface area contributed by atoms with Gasteiger partial charge in [-0.3, -0.25) is 0 Å². The highest BCUT2D eigenvalue weighted by Gasteiger charge is 2.59. The van der Waals surface area contributed by atoms with Crippen molar-refractivity contribution in [3.05, 3.63) is 0 Å². The molecule has 7 nitrogen and oxygen atoms in total. The van der Waals surface area contributed by atoms with Gasteiger partial charge in [0.1, 0.15) is 18.6 Å². The summed E-state index contributed by atoms with van der Waals surface area (Å²) in [5.41, 5.74) is 0.705. The van der Waals surface area contributed by atoms with Gasteiger partial charge in [-0.15, -0.1) is 0 Å². The van der Waals surface area contributed by atoms with E-state index in [1.54, 1.807) is 7.11 Å². The van der Waals surface area contributed by atoms with Gasteiger partial charge in [-0.25, -0.2) is 0 Å². The highest BCUT2D eigenvalue weighted by molar-refractivity contribution is 5.91. The minimum atomic E-state index is -0.640. The lowest BCUT2D eigenvalue weighted by Crippen LogP contribution is -2.36. The largest absolute Gasteiger partial charge is 0.386 e. The fourth-order valence-electron chi connectivity index (χ4n) is 2.38. The van der Waals surface area contributed by atoms with Crippen molar-refractivity contribution in [2.45, 2.75) is 44.2 Å². The molecule has 3 aliphatic heterocycles. The van der Waals surface area contributed by atoms with Crippen LogP contribution in [0.3, 0.4) is 0 Å². The zero-order chi connectivity index (χ0) is 12.8. The average Bonchev–Trinajstić information content (AvgIpc) is 2.89. The van der Waals surface area contributed by atoms with Crippen LogP contribution in [0.1, 0.15) is 13.8 Å². The van der Waals surface area contributed by atoms with E-state index in [0.717, 1.165) is 0 Å². The molecule has 0 unspecified atom stereocenters. The average molecular weight is 259 g/mol. The normalized spacial score (nSPS) is 40.3. The van der Waals surface area contributed by atoms with Gasteiger partial charge in [0, 0.05) is 7.11 Å². The highest BCUT2D eigenvalue weighted by atomic mass is 16.9. The standard InChI is InChI=1S/C11H17NO6/c1-11(2)16-9-8-7(15-10(9)17-11)6(12-18-8)4-14-5-13-3/h7-10H,4-5H2,1-3H3/t7-,8+,9-,10-/m0/s1. The van der Waals surface area contributed by atoms with Crippen molar-refractivity contribution in [3.8, 4) is 0 Å². The molecule has 2 fully saturated rings. The first-order chi connectivity index (χ1) is 8.61. The van der Waals surface area contributed by atoms with E-state index in [1.807, 2.05) is 13.8 Å². The van der Waals surface area contributed by atoms with Gasteiger partial charge in [-0.1, -0.05) is 5.16 Å². The molecule has 18 heavy (non-hydrogen) atoms. The van der Waals surface area contributed by atoms with Crippen LogP contribution in [0, 0.1) is 0 Å². The predicted molar refractivity (Wildman–Crippen MR) is 58.8 cm³/mol. The summed E-state index contributed by atoms with van der Waals surface area (Å²) in [7, 11) is 1.57. The summed E-state index contributed by atoms with van der Waals surface area (Å²) in [5.74, 6) is -0.640. The van der Waals surface area contributed by atoms with E-state index in [9.17, 15) is 0 Å². The van der Waals surface area contributed by atoms with Crippen LogP contribution >= 0.6 is 0 Å². The maximum Gasteiger partial charge on any atom is 0.192 e. The Morgan fingerprint density at radius 3 is 2.89 bits per heavy atom. The number of hydrogen-bond donors (Lipinski definition) is 0. The Balaban J connectivity index is 1.60. The lowest BCUT2D eigenvalue weighted by atomic mass is 10.1. The van der Waals surface area contributed by atoms with Gasteiger partial charge in [0.2, 0.25) is 0 Å². The van der Waals surface area contributed by atoms with E-state index >= 15 is 0 Å². The number of hydrogen-bond acceptors (Lipinski definition) is 7. The summed E-state index contributed by atoms with van der Waals surface area (Å²) in [6.45, 7) is 4.23. The number of rotatable bonds is 4. The predicted octanol–water partition coefficient (Wildman–Crippen LogP) is 0.238. The zero-order valence-corrected chi connectivity index (χ0v) is 10.6. The van der Waals surface area contributed by atoms with Gasteiger partial charge < -0.3 is 28.5 Å². The number of ether oxygens (including phenoxy) is 5. The molecule has 0 spiro atoms. The van der Waals surface area contributed by atoms with Gasteiger partial charge in [0.25, 0.3) is 0 Å². The third kappa shape index (κ3) is 2.02. The van der Waals surface area contributed by atoms with Crippen molar-refractivity contribution in [1.82, 2.24) is 0 Å². The van der Waals surface area contributed by atoms with Crippen LogP contribution < -0.4 is 0 Å². The van der Waals surface area contributed by atoms with E-state index in [-0.39, 0.29) is 25.1 Å². The lowest BCUT2D eigenvalue weighted by molar-refractivity contribution is -0.206. The monoisotopic (exact) mass is 259 g/mol. The quantitative estimate of drug-likeness (QED) is 0.532. The molecule has 0 aromatic carbocycles. The van der Waals surface area contributed by atoms with Crippen molar-refractivity contribution in [2.75, 3.05) is 20.5 Å². The van der Waals surface area contributed by atoms with Crippen LogP contribution in [0.2, 0.25) is 0 Å². The summed E-state index contributed by atoms with van der Waals surface area (Å²) in [6.07, 6.45) is -1.15. The van der Waals surface area contributed by atoms with Crippen LogP contribution in [0.25, 0.3) is 0 Å². The van der Waals surface area contributed by atoms with Crippen molar-refractivity contribution in [1.29, 1.82) is 0 Å². The van der Waals surface area contributed by atoms with Crippen molar-refractivity contribution >= 4 is 5.71 Å². The molecular formula is C11H17NO6. The van der Waals surface area contributed by atoms with Crippen molar-refractivity contribution in [3.63, 3.8) is 0 Å². The molecular weight excluding hydrogens is 242 g/mol. The lowest BCUT2D eigenvalue weighted by Gasteiger charge is -2.20. The first-order valence-corrected chi connectivity index (χ1v) is 5.91. The summed E-state index contributed by atoms with van der Waals surface area (Å²) in [4.78, 5) is 5.36. The fraction of sp³-hybridized carbons (Fsp3) is 0.909. The van der Waals surface area contributed by atoms with Crippen molar-refractivity contribution < 1.29 is 28.5 Å². The Hall–Kier alpha value is -0.730. The number of nitrogens with zero attached hydrogens (tertiary/aromatic N) is 1. The summed E-state index contributed by atoms with van der Waals surface area (Å²) in [5, 5.41) is 3.98. The van der Waals surface area contributed by atoms with Crippen molar-refractivity contribution in [2.24, 2.45) is 5.16 Å². The number of methoxy groups -OCH3 is 1. The minimum absolute atomic E-state index is 0.212. The number of fused-ring (bicyclic) bond motifs is 3. The third-order valence-electron chi connectivity index (χ3n) is 3.06. The molecule has 0 radical (unpaired) electrons. The Labute approximate surface area is 105 Å². The molecule has 0 amide bonds. The molecule has 0 aromatic heterocycles. The molecule has 4 atom stereocenters. The van der Waals surface area contributed by atoms with Crippen LogP contribution in [-0.4, -0.2) is 56.6 Å². The van der Waals surface area contributed by atoms with Crippen LogP contribution in [-0.2, 0) is 28.5 Å². The summed E-state index contributed by atoms with van der Waals surface area (Å²) in [6, 6.07) is 0. The molecule has 2 saturated heterocycles. The van der Waals surface area contributed by atoms with E-state index in [2.05, 4.69) is 5.16 Å². The Kier molecular flexibility index (Phi) is 3.03. The van der Waals surface area contributed by atoms with Gasteiger partial charge in [-0.2, -0.15) is 0 Å². The molecule has 3 heterocycles. The molecule has 0 bridgehead atoms. The second-order valence-electron chi connectivity index (χ2n) is 4.93. The Bertz CT molecular complexity index is 357. The van der Waals surface area contributed by atoms with E-state index in [4.69, 9.17) is 28.5 Å². The molecule has 7 heteroatoms. The minimum Gasteiger partial charge on any atom is -0.386 e. The first kappa shape index (κ1) is 12.3. The fourth-order valence-corrected chi connectivity index (χ4v) is 2.38. The third-order valence-corrected chi connectivity index (χ3v) is 3.06. The maximum atomic E-state index is 5.76. The molecule has 3 rings (SSSR count). The molecule has 3 aliphatic rings. The molecule has 102 valence electrons. The van der Waals surface area contributed by atoms with E-state index < -0.39 is 12.1 Å². The van der Waals surface area contributed by atoms with Gasteiger partial charge >= 0.3 is 0 Å². The van der Waals surface area contributed by atoms with Gasteiger partial charge in [-0.05, 0) is 13.8 Å². The van der Waals surface area contributed by atoms with E-state index in [0.29, 0.717) is 12.3 Å². The first-order valence-electron chi connectivity index (χ1n) is 5.91. The summed E-state index contributed by atoms with van der Waals surface area (Å²) < 4.78 is 27.2. The smallest absolute Gasteiger partial charge is 0.192 e. The second-order valence-corrected chi connectivity index (χ2v) is 4.93. The van der Waals surface area contributed by atoms with Crippen LogP contribution in [0.15, 0.2) is 5.16 Å². The zero-order valence-electron chi connectivity index (χ0n) is 10.6. The topological polar surface area (TPSA) is 67.7 Å². The number of oxime groups is 1. The van der Waals surface area contributed by atoms with E-state index in [1.165, 1.54) is 0 Å². The molecule has 0 aromatic rings. The second kappa shape index (κ2) is 4.43. The van der Waals surface area contributed by atoms with Crippen LogP contribution in [0.5, 0.6) is 0 Å². The molecule has 0 N–H and O–H groups in total. The molecule has 0 saturated carbocycles. The maximum absolute atomic E-state index is 5.76. The molecule has 0 aliphatic carbocycles.